The molecule has 0 saturated carbocycles. The number of aryl methyl sites for hydroxylation is 3. The summed E-state index contributed by atoms with van der Waals surface area (Å²) in [4.78, 5) is 30.1. The van der Waals surface area contributed by atoms with Crippen LogP contribution < -0.4 is 10.9 Å². The molecule has 0 spiro atoms. The number of halogens is 2. The summed E-state index contributed by atoms with van der Waals surface area (Å²) in [5.41, 5.74) is 4.83. The van der Waals surface area contributed by atoms with Gasteiger partial charge in [0.05, 0.1) is 17.4 Å². The third-order valence-corrected chi connectivity index (χ3v) is 6.11. The Hall–Kier alpha value is -3.45. The molecule has 0 aliphatic rings. The van der Waals surface area contributed by atoms with Gasteiger partial charge in [0.15, 0.2) is 5.65 Å². The van der Waals surface area contributed by atoms with Crippen molar-refractivity contribution in [2.75, 3.05) is 0 Å². The zero-order valence-electron chi connectivity index (χ0n) is 18.7. The highest BCUT2D eigenvalue weighted by Gasteiger charge is 2.19. The van der Waals surface area contributed by atoms with Crippen LogP contribution in [0.2, 0.25) is 5.02 Å². The number of amides is 1. The van der Waals surface area contributed by atoms with E-state index in [1.165, 1.54) is 23.0 Å². The van der Waals surface area contributed by atoms with Gasteiger partial charge >= 0.3 is 0 Å². The van der Waals surface area contributed by atoms with Gasteiger partial charge in [0.2, 0.25) is 5.91 Å². The van der Waals surface area contributed by atoms with E-state index < -0.39 is 0 Å². The van der Waals surface area contributed by atoms with E-state index in [4.69, 9.17) is 11.6 Å². The Labute approximate surface area is 195 Å². The molecule has 0 bridgehead atoms. The Morgan fingerprint density at radius 2 is 1.85 bits per heavy atom. The number of hydrogen-bond donors (Lipinski definition) is 1. The molecular weight excluding hydrogens is 443 g/mol. The molecule has 0 aliphatic heterocycles. The molecule has 0 atom stereocenters. The first kappa shape index (κ1) is 22.7. The van der Waals surface area contributed by atoms with Crippen LogP contribution in [0.25, 0.3) is 16.7 Å². The lowest BCUT2D eigenvalue weighted by atomic mass is 10.2. The molecule has 170 valence electrons. The molecule has 0 fully saturated rings. The Bertz CT molecular complexity index is 1410. The molecule has 0 saturated heterocycles. The topological polar surface area (TPSA) is 68.9 Å². The van der Waals surface area contributed by atoms with Crippen molar-refractivity contribution < 1.29 is 9.18 Å². The van der Waals surface area contributed by atoms with Crippen LogP contribution in [0.1, 0.15) is 28.8 Å². The monoisotopic (exact) mass is 466 g/mol. The summed E-state index contributed by atoms with van der Waals surface area (Å²) in [6.07, 6.45) is 1.60. The van der Waals surface area contributed by atoms with E-state index in [0.717, 1.165) is 28.1 Å². The molecule has 0 unspecified atom stereocenters. The lowest BCUT2D eigenvalue weighted by molar-refractivity contribution is -0.121. The fourth-order valence-electron chi connectivity index (χ4n) is 3.88. The van der Waals surface area contributed by atoms with Crippen LogP contribution in [0.3, 0.4) is 0 Å². The van der Waals surface area contributed by atoms with Crippen molar-refractivity contribution in [3.8, 4) is 5.69 Å². The summed E-state index contributed by atoms with van der Waals surface area (Å²) in [5.74, 6) is -0.524. The lowest BCUT2D eigenvalue weighted by Gasteiger charge is -2.12. The van der Waals surface area contributed by atoms with Crippen LogP contribution in [0.4, 0.5) is 4.39 Å². The average Bonchev–Trinajstić information content (AvgIpc) is 3.05. The van der Waals surface area contributed by atoms with Crippen LogP contribution in [0.15, 0.2) is 53.6 Å². The predicted molar refractivity (Wildman–Crippen MR) is 127 cm³/mol. The van der Waals surface area contributed by atoms with Crippen molar-refractivity contribution in [1.29, 1.82) is 0 Å². The number of carbonyl (C=O) groups excluding carboxylic acids is 1. The first-order valence-electron chi connectivity index (χ1n) is 10.6. The number of hydrogen-bond acceptors (Lipinski definition) is 3. The first-order valence-corrected chi connectivity index (χ1v) is 11.0. The quantitative estimate of drug-likeness (QED) is 0.451. The van der Waals surface area contributed by atoms with E-state index in [1.54, 1.807) is 12.1 Å². The van der Waals surface area contributed by atoms with E-state index in [0.29, 0.717) is 22.6 Å². The maximum absolute atomic E-state index is 13.2. The second-order valence-electron chi connectivity index (χ2n) is 8.07. The SMILES string of the molecule is Cc1ccc(Cl)cc1-n1c(C)c(C)c2c(=O)n(CCC(=O)NCc3ccc(F)cc3)cnc21. The van der Waals surface area contributed by atoms with Crippen molar-refractivity contribution in [3.63, 3.8) is 0 Å². The van der Waals surface area contributed by atoms with Crippen molar-refractivity contribution in [2.24, 2.45) is 0 Å². The van der Waals surface area contributed by atoms with E-state index in [-0.39, 0.29) is 30.2 Å². The molecular formula is C25H24ClFN4O2. The first-order chi connectivity index (χ1) is 15.8. The summed E-state index contributed by atoms with van der Waals surface area (Å²) < 4.78 is 16.4. The van der Waals surface area contributed by atoms with Gasteiger partial charge in [-0.05, 0) is 61.7 Å². The molecule has 1 N–H and O–H groups in total. The van der Waals surface area contributed by atoms with Crippen molar-refractivity contribution in [2.45, 2.75) is 40.3 Å². The van der Waals surface area contributed by atoms with Gasteiger partial charge in [-0.15, -0.1) is 0 Å². The standard InChI is InChI=1S/C25H24ClFN4O2/c1-15-4-7-19(26)12-21(15)31-17(3)16(2)23-24(31)29-14-30(25(23)33)11-10-22(32)28-13-18-5-8-20(27)9-6-18/h4-9,12,14H,10-11,13H2,1-3H3,(H,28,32). The largest absolute Gasteiger partial charge is 0.352 e. The summed E-state index contributed by atoms with van der Waals surface area (Å²) in [7, 11) is 0. The molecule has 2 aromatic heterocycles. The molecule has 4 rings (SSSR count). The average molecular weight is 467 g/mol. The molecule has 6 nitrogen and oxygen atoms in total. The zero-order valence-corrected chi connectivity index (χ0v) is 19.4. The second kappa shape index (κ2) is 9.19. The summed E-state index contributed by atoms with van der Waals surface area (Å²) in [6.45, 7) is 6.33. The van der Waals surface area contributed by atoms with Crippen LogP contribution >= 0.6 is 11.6 Å². The summed E-state index contributed by atoms with van der Waals surface area (Å²) in [5, 5.41) is 3.92. The summed E-state index contributed by atoms with van der Waals surface area (Å²) >= 11 is 6.22. The number of nitrogens with one attached hydrogen (secondary N) is 1. The van der Waals surface area contributed by atoms with Gasteiger partial charge in [-0.1, -0.05) is 29.8 Å². The third kappa shape index (κ3) is 4.54. The highest BCUT2D eigenvalue weighted by atomic mass is 35.5. The number of fused-ring (bicyclic) bond motifs is 1. The molecule has 0 radical (unpaired) electrons. The van der Waals surface area contributed by atoms with Crippen molar-refractivity contribution in [3.05, 3.63) is 92.4 Å². The van der Waals surface area contributed by atoms with Crippen molar-refractivity contribution >= 4 is 28.5 Å². The molecule has 1 amide bonds. The Morgan fingerprint density at radius 1 is 1.12 bits per heavy atom. The molecule has 2 aromatic carbocycles. The highest BCUT2D eigenvalue weighted by Crippen LogP contribution is 2.28. The molecule has 0 aliphatic carbocycles. The summed E-state index contributed by atoms with van der Waals surface area (Å²) in [6, 6.07) is 11.6. The minimum absolute atomic E-state index is 0.125. The number of aromatic nitrogens is 3. The molecule has 2 heterocycles. The van der Waals surface area contributed by atoms with Crippen LogP contribution in [0.5, 0.6) is 0 Å². The smallest absolute Gasteiger partial charge is 0.263 e. The lowest BCUT2D eigenvalue weighted by Crippen LogP contribution is -2.27. The fourth-order valence-corrected chi connectivity index (χ4v) is 4.04. The van der Waals surface area contributed by atoms with E-state index in [2.05, 4.69) is 10.3 Å². The van der Waals surface area contributed by atoms with Gasteiger partial charge in [-0.2, -0.15) is 0 Å². The molecule has 4 aromatic rings. The van der Waals surface area contributed by atoms with E-state index >= 15 is 0 Å². The Balaban J connectivity index is 1.56. The van der Waals surface area contributed by atoms with Crippen LogP contribution in [-0.2, 0) is 17.9 Å². The minimum atomic E-state index is -0.322. The number of benzene rings is 2. The number of nitrogens with zero attached hydrogens (tertiary/aromatic N) is 3. The molecule has 8 heteroatoms. The maximum atomic E-state index is 13.2. The normalized spacial score (nSPS) is 11.2. The minimum Gasteiger partial charge on any atom is -0.352 e. The number of rotatable bonds is 6. The van der Waals surface area contributed by atoms with Gasteiger partial charge in [0.1, 0.15) is 5.82 Å². The van der Waals surface area contributed by atoms with Gasteiger partial charge in [-0.3, -0.25) is 18.7 Å². The molecule has 33 heavy (non-hydrogen) atoms. The van der Waals surface area contributed by atoms with E-state index in [1.807, 2.05) is 43.5 Å². The third-order valence-electron chi connectivity index (χ3n) is 5.88. The Morgan fingerprint density at radius 3 is 2.58 bits per heavy atom. The van der Waals surface area contributed by atoms with Gasteiger partial charge in [0.25, 0.3) is 5.56 Å². The van der Waals surface area contributed by atoms with Gasteiger partial charge < -0.3 is 5.32 Å². The van der Waals surface area contributed by atoms with Gasteiger partial charge in [0, 0.05) is 30.2 Å². The predicted octanol–water partition coefficient (Wildman–Crippen LogP) is 4.61. The highest BCUT2D eigenvalue weighted by molar-refractivity contribution is 6.30. The maximum Gasteiger partial charge on any atom is 0.263 e. The fraction of sp³-hybridized carbons (Fsp3) is 0.240. The second-order valence-corrected chi connectivity index (χ2v) is 8.51. The van der Waals surface area contributed by atoms with E-state index in [9.17, 15) is 14.0 Å². The Kier molecular flexibility index (Phi) is 6.33. The zero-order chi connectivity index (χ0) is 23.7. The van der Waals surface area contributed by atoms with Crippen LogP contribution in [0, 0.1) is 26.6 Å². The van der Waals surface area contributed by atoms with Gasteiger partial charge in [-0.25, -0.2) is 9.37 Å². The van der Waals surface area contributed by atoms with Crippen molar-refractivity contribution in [1.82, 2.24) is 19.4 Å². The number of carbonyl (C=O) groups is 1. The van der Waals surface area contributed by atoms with Crippen LogP contribution in [-0.4, -0.2) is 20.0 Å².